The van der Waals surface area contributed by atoms with Crippen molar-refractivity contribution in [3.05, 3.63) is 20.8 Å². The van der Waals surface area contributed by atoms with E-state index >= 15 is 0 Å². The highest BCUT2D eigenvalue weighted by molar-refractivity contribution is 9.10. The minimum Gasteiger partial charge on any atom is -0.309 e. The van der Waals surface area contributed by atoms with E-state index in [-0.39, 0.29) is 0 Å². The third kappa shape index (κ3) is 2.61. The van der Waals surface area contributed by atoms with Gasteiger partial charge >= 0.3 is 0 Å². The summed E-state index contributed by atoms with van der Waals surface area (Å²) in [5.41, 5.74) is 0. The molecule has 2 aliphatic rings. The first-order valence-corrected chi connectivity index (χ1v) is 8.37. The van der Waals surface area contributed by atoms with Crippen molar-refractivity contribution >= 4 is 27.3 Å². The topological polar surface area (TPSA) is 12.0 Å². The minimum atomic E-state index is 0.505. The average Bonchev–Trinajstić information content (AvgIpc) is 3.01. The van der Waals surface area contributed by atoms with Crippen molar-refractivity contribution in [2.75, 3.05) is 6.54 Å². The maximum absolute atomic E-state index is 3.73. The Hall–Kier alpha value is 0.140. The summed E-state index contributed by atoms with van der Waals surface area (Å²) in [5, 5.41) is 5.90. The summed E-state index contributed by atoms with van der Waals surface area (Å²) >= 11 is 5.37. The second-order valence-corrected chi connectivity index (χ2v) is 7.59. The third-order valence-electron chi connectivity index (χ3n) is 4.59. The van der Waals surface area contributed by atoms with Crippen LogP contribution in [0.15, 0.2) is 15.9 Å². The van der Waals surface area contributed by atoms with Crippen LogP contribution in [0.5, 0.6) is 0 Å². The van der Waals surface area contributed by atoms with E-state index < -0.39 is 0 Å². The highest BCUT2D eigenvalue weighted by Gasteiger charge is 2.39. The van der Waals surface area contributed by atoms with E-state index in [4.69, 9.17) is 0 Å². The second-order valence-electron chi connectivity index (χ2n) is 5.73. The fourth-order valence-electron chi connectivity index (χ4n) is 3.61. The SMILES string of the molecule is CC(NCC1CC2CCC1C2)c1cc(Br)cs1. The maximum Gasteiger partial charge on any atom is 0.0386 e. The van der Waals surface area contributed by atoms with Crippen molar-refractivity contribution in [3.63, 3.8) is 0 Å². The lowest BCUT2D eigenvalue weighted by molar-refractivity contribution is 0.310. The summed E-state index contributed by atoms with van der Waals surface area (Å²) in [6.45, 7) is 3.50. The molecule has 4 atom stereocenters. The summed E-state index contributed by atoms with van der Waals surface area (Å²) in [6.07, 6.45) is 6.01. The minimum absolute atomic E-state index is 0.505. The first-order valence-electron chi connectivity index (χ1n) is 6.69. The summed E-state index contributed by atoms with van der Waals surface area (Å²) in [5.74, 6) is 3.06. The molecule has 2 aliphatic carbocycles. The first-order chi connectivity index (χ1) is 8.22. The summed E-state index contributed by atoms with van der Waals surface area (Å²) < 4.78 is 1.21. The number of hydrogen-bond acceptors (Lipinski definition) is 2. The van der Waals surface area contributed by atoms with Gasteiger partial charge in [0.15, 0.2) is 0 Å². The molecule has 0 amide bonds. The Kier molecular flexibility index (Phi) is 3.60. The van der Waals surface area contributed by atoms with Gasteiger partial charge < -0.3 is 5.32 Å². The lowest BCUT2D eigenvalue weighted by Gasteiger charge is -2.23. The van der Waals surface area contributed by atoms with Gasteiger partial charge in [-0.25, -0.2) is 0 Å². The summed E-state index contributed by atoms with van der Waals surface area (Å²) in [4.78, 5) is 1.44. The van der Waals surface area contributed by atoms with E-state index in [1.165, 1.54) is 41.6 Å². The number of hydrogen-bond donors (Lipinski definition) is 1. The van der Waals surface area contributed by atoms with Crippen molar-refractivity contribution in [2.24, 2.45) is 17.8 Å². The van der Waals surface area contributed by atoms with Crippen molar-refractivity contribution in [1.29, 1.82) is 0 Å². The van der Waals surface area contributed by atoms with Gasteiger partial charge in [-0.15, -0.1) is 11.3 Å². The number of halogens is 1. The predicted molar refractivity (Wildman–Crippen MR) is 77.4 cm³/mol. The fourth-order valence-corrected chi connectivity index (χ4v) is 5.09. The van der Waals surface area contributed by atoms with Crippen LogP contribution in [0, 0.1) is 17.8 Å². The van der Waals surface area contributed by atoms with Crippen LogP contribution < -0.4 is 5.32 Å². The van der Waals surface area contributed by atoms with Crippen molar-refractivity contribution in [2.45, 2.75) is 38.6 Å². The van der Waals surface area contributed by atoms with Gasteiger partial charge in [-0.2, -0.15) is 0 Å². The number of thiophene rings is 1. The zero-order chi connectivity index (χ0) is 11.8. The fraction of sp³-hybridized carbons (Fsp3) is 0.714. The Morgan fingerprint density at radius 1 is 1.47 bits per heavy atom. The zero-order valence-corrected chi connectivity index (χ0v) is 12.7. The molecule has 3 heteroatoms. The highest BCUT2D eigenvalue weighted by Crippen LogP contribution is 2.48. The van der Waals surface area contributed by atoms with E-state index in [0.29, 0.717) is 6.04 Å². The van der Waals surface area contributed by atoms with Gasteiger partial charge in [-0.1, -0.05) is 6.42 Å². The van der Waals surface area contributed by atoms with E-state index in [1.807, 2.05) is 11.3 Å². The molecular weight excluding hydrogens is 294 g/mol. The second kappa shape index (κ2) is 5.02. The molecule has 94 valence electrons. The number of rotatable bonds is 4. The van der Waals surface area contributed by atoms with Crippen LogP contribution in [0.1, 0.15) is 43.5 Å². The molecule has 0 aromatic carbocycles. The molecule has 1 aromatic heterocycles. The molecule has 1 N–H and O–H groups in total. The van der Waals surface area contributed by atoms with Gasteiger partial charge in [-0.05, 0) is 72.5 Å². The Morgan fingerprint density at radius 2 is 2.35 bits per heavy atom. The van der Waals surface area contributed by atoms with Crippen LogP contribution in [0.2, 0.25) is 0 Å². The Morgan fingerprint density at radius 3 is 2.94 bits per heavy atom. The normalized spacial score (nSPS) is 33.2. The molecule has 2 saturated carbocycles. The molecule has 1 nitrogen and oxygen atoms in total. The highest BCUT2D eigenvalue weighted by atomic mass is 79.9. The largest absolute Gasteiger partial charge is 0.309 e. The van der Waals surface area contributed by atoms with Gasteiger partial charge in [0.2, 0.25) is 0 Å². The average molecular weight is 314 g/mol. The Bertz CT molecular complexity index is 389. The molecule has 4 unspecified atom stereocenters. The molecule has 17 heavy (non-hydrogen) atoms. The molecule has 3 rings (SSSR count). The van der Waals surface area contributed by atoms with Gasteiger partial charge in [0.05, 0.1) is 0 Å². The van der Waals surface area contributed by atoms with Crippen LogP contribution in [0.3, 0.4) is 0 Å². The summed E-state index contributed by atoms with van der Waals surface area (Å²) in [7, 11) is 0. The van der Waals surface area contributed by atoms with Gasteiger partial charge in [0.1, 0.15) is 0 Å². The van der Waals surface area contributed by atoms with E-state index in [2.05, 4.69) is 39.6 Å². The monoisotopic (exact) mass is 313 g/mol. The molecule has 2 bridgehead atoms. The predicted octanol–water partition coefficient (Wildman–Crippen LogP) is 4.60. The van der Waals surface area contributed by atoms with E-state index in [9.17, 15) is 0 Å². The van der Waals surface area contributed by atoms with Crippen LogP contribution >= 0.6 is 27.3 Å². The van der Waals surface area contributed by atoms with Gasteiger partial charge in [0.25, 0.3) is 0 Å². The molecule has 1 aromatic rings. The lowest BCUT2D eigenvalue weighted by Crippen LogP contribution is -2.28. The lowest BCUT2D eigenvalue weighted by atomic mass is 9.89. The molecule has 0 radical (unpaired) electrons. The van der Waals surface area contributed by atoms with Crippen molar-refractivity contribution in [3.8, 4) is 0 Å². The maximum atomic E-state index is 3.73. The van der Waals surface area contributed by atoms with Crippen LogP contribution in [0.25, 0.3) is 0 Å². The zero-order valence-electron chi connectivity index (χ0n) is 10.3. The van der Waals surface area contributed by atoms with Crippen LogP contribution in [0.4, 0.5) is 0 Å². The van der Waals surface area contributed by atoms with Crippen molar-refractivity contribution in [1.82, 2.24) is 5.32 Å². The van der Waals surface area contributed by atoms with Crippen molar-refractivity contribution < 1.29 is 0 Å². The quantitative estimate of drug-likeness (QED) is 0.856. The smallest absolute Gasteiger partial charge is 0.0386 e. The molecule has 0 spiro atoms. The molecule has 0 aliphatic heterocycles. The first kappa shape index (κ1) is 12.2. The van der Waals surface area contributed by atoms with Gasteiger partial charge in [-0.3, -0.25) is 0 Å². The molecule has 1 heterocycles. The standard InChI is InChI=1S/C14H20BrNS/c1-9(14-6-13(15)8-17-14)16-7-12-5-10-2-3-11(12)4-10/h6,8-12,16H,2-5,7H2,1H3. The molecule has 2 fully saturated rings. The Labute approximate surface area is 116 Å². The number of fused-ring (bicyclic) bond motifs is 2. The number of nitrogens with one attached hydrogen (secondary N) is 1. The third-order valence-corrected chi connectivity index (χ3v) is 6.46. The Balaban J connectivity index is 1.51. The molecular formula is C14H20BrNS. The van der Waals surface area contributed by atoms with E-state index in [1.54, 1.807) is 0 Å². The van der Waals surface area contributed by atoms with Crippen LogP contribution in [-0.4, -0.2) is 6.54 Å². The van der Waals surface area contributed by atoms with E-state index in [0.717, 1.165) is 17.8 Å². The van der Waals surface area contributed by atoms with Gasteiger partial charge in [0, 0.05) is 20.8 Å². The van der Waals surface area contributed by atoms with Crippen LogP contribution in [-0.2, 0) is 0 Å². The molecule has 0 saturated heterocycles. The summed E-state index contributed by atoms with van der Waals surface area (Å²) in [6, 6.07) is 2.74.